The number of carbonyl (C=O) groups is 2. The molecule has 2 amide bonds. The van der Waals surface area contributed by atoms with E-state index in [1.807, 2.05) is 6.92 Å². The van der Waals surface area contributed by atoms with Crippen LogP contribution < -0.4 is 24.8 Å². The third-order valence-corrected chi connectivity index (χ3v) is 9.28. The molecule has 0 spiro atoms. The van der Waals surface area contributed by atoms with E-state index in [9.17, 15) is 19.8 Å². The lowest BCUT2D eigenvalue weighted by molar-refractivity contribution is -0.185. The van der Waals surface area contributed by atoms with Gasteiger partial charge in [-0.15, -0.1) is 0 Å². The lowest BCUT2D eigenvalue weighted by atomic mass is 9.46. The molecule has 4 rings (SSSR count). The molecule has 6 atom stereocenters. The lowest BCUT2D eigenvalue weighted by Crippen LogP contribution is -2.61. The summed E-state index contributed by atoms with van der Waals surface area (Å²) >= 11 is 0. The van der Waals surface area contributed by atoms with Crippen LogP contribution in [0, 0.1) is 22.7 Å². The maximum atomic E-state index is 13.1. The Labute approximate surface area is 240 Å². The molecule has 226 valence electrons. The largest absolute Gasteiger partial charge is 0.493 e. The normalized spacial score (nSPS) is 29.1. The number of aliphatic hydroxyl groups excluding tert-OH is 2. The molecule has 0 saturated heterocycles. The van der Waals surface area contributed by atoms with Crippen LogP contribution in [0.1, 0.15) is 51.7 Å². The van der Waals surface area contributed by atoms with Crippen molar-refractivity contribution < 1.29 is 43.2 Å². The van der Waals surface area contributed by atoms with Crippen molar-refractivity contribution in [1.82, 2.24) is 5.32 Å². The minimum absolute atomic E-state index is 0.0843. The molecule has 0 bridgehead atoms. The number of nitrogens with one attached hydrogen (secondary N) is 2. The van der Waals surface area contributed by atoms with Gasteiger partial charge < -0.3 is 38.9 Å². The summed E-state index contributed by atoms with van der Waals surface area (Å²) < 4.78 is 27.3. The number of aliphatic hydroxyl groups is 2. The Morgan fingerprint density at radius 2 is 1.78 bits per heavy atom. The highest BCUT2D eigenvalue weighted by Gasteiger charge is 2.60. The Morgan fingerprint density at radius 3 is 2.37 bits per heavy atom. The third-order valence-electron chi connectivity index (χ3n) is 9.28. The van der Waals surface area contributed by atoms with E-state index in [1.165, 1.54) is 21.3 Å². The Hall–Kier alpha value is -3.44. The fourth-order valence-electron chi connectivity index (χ4n) is 7.08. The summed E-state index contributed by atoms with van der Waals surface area (Å²) in [6.45, 7) is 4.09. The first-order valence-corrected chi connectivity index (χ1v) is 13.9. The Balaban J connectivity index is 1.47. The smallest absolute Gasteiger partial charge is 0.411 e. The number of methoxy groups -OCH3 is 3. The highest BCUT2D eigenvalue weighted by molar-refractivity contribution is 5.86. The molecular weight excluding hydrogens is 532 g/mol. The maximum Gasteiger partial charge on any atom is 0.411 e. The van der Waals surface area contributed by atoms with E-state index in [0.29, 0.717) is 54.4 Å². The molecule has 2 saturated carbocycles. The highest BCUT2D eigenvalue weighted by atomic mass is 16.6. The van der Waals surface area contributed by atoms with Crippen LogP contribution in [-0.4, -0.2) is 62.4 Å². The van der Waals surface area contributed by atoms with Gasteiger partial charge in [-0.1, -0.05) is 13.8 Å². The number of carbonyl (C=O) groups excluding carboxylic acids is 2. The SMILES string of the molecule is COc1cc(NC(=O)O[C@@H]2CC[C@]3(C)[C@H](CC[C@@H](O)[C@H]3CC(=O)NCc3ccco3)[C@]2(C)CO)cc(OC)c1OC. The van der Waals surface area contributed by atoms with Crippen molar-refractivity contribution in [3.8, 4) is 17.2 Å². The van der Waals surface area contributed by atoms with Gasteiger partial charge in [0.15, 0.2) is 11.5 Å². The topological polar surface area (TPSA) is 149 Å². The maximum absolute atomic E-state index is 13.1. The summed E-state index contributed by atoms with van der Waals surface area (Å²) in [6.07, 6.45) is 2.07. The van der Waals surface area contributed by atoms with Gasteiger partial charge in [0.2, 0.25) is 11.7 Å². The Bertz CT molecular complexity index is 1180. The number of hydrogen-bond donors (Lipinski definition) is 4. The van der Waals surface area contributed by atoms with Gasteiger partial charge in [-0.2, -0.15) is 0 Å². The van der Waals surface area contributed by atoms with Crippen molar-refractivity contribution in [2.75, 3.05) is 33.3 Å². The number of amides is 2. The van der Waals surface area contributed by atoms with Crippen molar-refractivity contribution in [1.29, 1.82) is 0 Å². The van der Waals surface area contributed by atoms with Crippen LogP contribution in [0.3, 0.4) is 0 Å². The zero-order valence-corrected chi connectivity index (χ0v) is 24.4. The van der Waals surface area contributed by atoms with Gasteiger partial charge in [0.05, 0.1) is 52.5 Å². The van der Waals surface area contributed by atoms with Gasteiger partial charge >= 0.3 is 6.09 Å². The average Bonchev–Trinajstić information content (AvgIpc) is 3.48. The molecule has 0 aliphatic heterocycles. The van der Waals surface area contributed by atoms with E-state index in [4.69, 9.17) is 23.4 Å². The van der Waals surface area contributed by atoms with Gasteiger partial charge in [0.25, 0.3) is 0 Å². The van der Waals surface area contributed by atoms with Crippen LogP contribution in [0.4, 0.5) is 10.5 Å². The van der Waals surface area contributed by atoms with Crippen molar-refractivity contribution in [3.63, 3.8) is 0 Å². The van der Waals surface area contributed by atoms with Crippen molar-refractivity contribution in [2.45, 2.75) is 64.7 Å². The van der Waals surface area contributed by atoms with Crippen LogP contribution in [0.25, 0.3) is 0 Å². The number of hydrogen-bond acceptors (Lipinski definition) is 9. The molecule has 11 heteroatoms. The fraction of sp³-hybridized carbons (Fsp3) is 0.600. The van der Waals surface area contributed by atoms with Crippen molar-refractivity contribution in [2.24, 2.45) is 22.7 Å². The summed E-state index contributed by atoms with van der Waals surface area (Å²) in [5.41, 5.74) is -0.815. The van der Waals surface area contributed by atoms with E-state index in [0.717, 1.165) is 0 Å². The van der Waals surface area contributed by atoms with Crippen LogP contribution in [-0.2, 0) is 16.1 Å². The summed E-state index contributed by atoms with van der Waals surface area (Å²) in [6, 6.07) is 6.77. The summed E-state index contributed by atoms with van der Waals surface area (Å²) in [7, 11) is 4.47. The average molecular weight is 575 g/mol. The van der Waals surface area contributed by atoms with Crippen LogP contribution in [0.2, 0.25) is 0 Å². The molecule has 1 aromatic carbocycles. The van der Waals surface area contributed by atoms with E-state index in [-0.39, 0.29) is 37.3 Å². The minimum Gasteiger partial charge on any atom is -0.493 e. The number of rotatable bonds is 10. The standard InChI is InChI=1S/C30H42N2O9/c1-29-11-10-25(41-28(36)32-18-13-22(37-3)27(39-5)23(14-18)38-4)30(2,17-33)24(29)9-8-21(34)20(29)15-26(35)31-16-19-7-6-12-40-19/h6-7,12-14,20-21,24-25,33-34H,8-11,15-17H2,1-5H3,(H,31,35)(H,32,36)/t20-,21-,24+,25-,29+,30+/m1/s1. The Morgan fingerprint density at radius 1 is 1.07 bits per heavy atom. The number of fused-ring (bicyclic) bond motifs is 1. The molecule has 2 aromatic rings. The summed E-state index contributed by atoms with van der Waals surface area (Å²) in [5, 5.41) is 27.3. The van der Waals surface area contributed by atoms with E-state index in [1.54, 1.807) is 30.5 Å². The van der Waals surface area contributed by atoms with Crippen molar-refractivity contribution in [3.05, 3.63) is 36.3 Å². The molecule has 41 heavy (non-hydrogen) atoms. The molecule has 2 fully saturated rings. The van der Waals surface area contributed by atoms with Gasteiger partial charge in [-0.3, -0.25) is 10.1 Å². The first kappa shape index (κ1) is 30.5. The number of furan rings is 1. The lowest BCUT2D eigenvalue weighted by Gasteiger charge is -2.60. The predicted molar refractivity (Wildman–Crippen MR) is 150 cm³/mol. The number of ether oxygens (including phenoxy) is 4. The second-order valence-corrected chi connectivity index (χ2v) is 11.5. The number of anilines is 1. The van der Waals surface area contributed by atoms with Gasteiger partial charge in [0.1, 0.15) is 11.9 Å². The molecule has 1 aromatic heterocycles. The molecule has 0 unspecified atom stereocenters. The first-order valence-electron chi connectivity index (χ1n) is 13.9. The molecule has 1 heterocycles. The first-order chi connectivity index (χ1) is 19.6. The quantitative estimate of drug-likeness (QED) is 0.329. The van der Waals surface area contributed by atoms with Gasteiger partial charge in [0, 0.05) is 24.0 Å². The van der Waals surface area contributed by atoms with E-state index >= 15 is 0 Å². The molecule has 2 aliphatic carbocycles. The summed E-state index contributed by atoms with van der Waals surface area (Å²) in [5.74, 6) is 1.27. The van der Waals surface area contributed by atoms with Gasteiger partial charge in [-0.25, -0.2) is 4.79 Å². The highest BCUT2D eigenvalue weighted by Crippen LogP contribution is 2.61. The molecule has 2 aliphatic rings. The van der Waals surface area contributed by atoms with Crippen LogP contribution in [0.15, 0.2) is 34.9 Å². The predicted octanol–water partition coefficient (Wildman–Crippen LogP) is 4.11. The zero-order chi connectivity index (χ0) is 29.8. The molecule has 0 radical (unpaired) electrons. The van der Waals surface area contributed by atoms with Crippen LogP contribution in [0.5, 0.6) is 17.2 Å². The second-order valence-electron chi connectivity index (χ2n) is 11.5. The Kier molecular flexibility index (Phi) is 9.38. The van der Waals surface area contributed by atoms with E-state index in [2.05, 4.69) is 17.6 Å². The molecule has 11 nitrogen and oxygen atoms in total. The van der Waals surface area contributed by atoms with Gasteiger partial charge in [-0.05, 0) is 55.1 Å². The monoisotopic (exact) mass is 574 g/mol. The molecule has 4 N–H and O–H groups in total. The van der Waals surface area contributed by atoms with E-state index < -0.39 is 29.1 Å². The minimum atomic E-state index is -0.775. The fourth-order valence-corrected chi connectivity index (χ4v) is 7.08. The van der Waals surface area contributed by atoms with Crippen molar-refractivity contribution >= 4 is 17.7 Å². The third kappa shape index (κ3) is 6.11. The second kappa shape index (κ2) is 12.6. The van der Waals surface area contributed by atoms with Crippen LogP contribution >= 0.6 is 0 Å². The summed E-state index contributed by atoms with van der Waals surface area (Å²) in [4.78, 5) is 26.0. The zero-order valence-electron chi connectivity index (χ0n) is 24.4. The molecular formula is C30H42N2O9. The number of benzene rings is 1.